The number of nitrogens with two attached hydrogens (primary N) is 1. The van der Waals surface area contributed by atoms with Crippen molar-refractivity contribution in [3.8, 4) is 0 Å². The van der Waals surface area contributed by atoms with Gasteiger partial charge in [-0.3, -0.25) is 0 Å². The van der Waals surface area contributed by atoms with Crippen molar-refractivity contribution in [2.45, 2.75) is 45.2 Å². The van der Waals surface area contributed by atoms with Gasteiger partial charge in [0.05, 0.1) is 0 Å². The Kier molecular flexibility index (Phi) is 7.16. The van der Waals surface area contributed by atoms with E-state index in [1.54, 1.807) is 0 Å². The standard InChI is InChI=1S/C14H26N4S/c1-5-13(15)8-12-9-16-14(17-10-12)18(3)11(2)6-7-19-4/h9-11,13H,5-8,15H2,1-4H3. The Morgan fingerprint density at radius 1 is 1.37 bits per heavy atom. The molecule has 0 amide bonds. The minimum atomic E-state index is 0.202. The summed E-state index contributed by atoms with van der Waals surface area (Å²) in [5, 5.41) is 0. The largest absolute Gasteiger partial charge is 0.341 e. The lowest BCUT2D eigenvalue weighted by molar-refractivity contribution is 0.636. The van der Waals surface area contributed by atoms with Gasteiger partial charge in [0.1, 0.15) is 0 Å². The molecule has 0 aliphatic carbocycles. The lowest BCUT2D eigenvalue weighted by Crippen LogP contribution is -2.31. The van der Waals surface area contributed by atoms with Crippen LogP contribution < -0.4 is 10.6 Å². The van der Waals surface area contributed by atoms with E-state index in [0.717, 1.165) is 36.5 Å². The molecule has 0 fully saturated rings. The molecule has 2 N–H and O–H groups in total. The zero-order valence-electron chi connectivity index (χ0n) is 12.5. The number of thioether (sulfide) groups is 1. The van der Waals surface area contributed by atoms with E-state index in [9.17, 15) is 0 Å². The molecule has 1 heterocycles. The summed E-state index contributed by atoms with van der Waals surface area (Å²) in [7, 11) is 2.05. The van der Waals surface area contributed by atoms with Crippen LogP contribution in [-0.4, -0.2) is 41.1 Å². The molecule has 2 unspecified atom stereocenters. The molecule has 0 saturated carbocycles. The van der Waals surface area contributed by atoms with Crippen molar-refractivity contribution in [3.05, 3.63) is 18.0 Å². The molecule has 0 spiro atoms. The smallest absolute Gasteiger partial charge is 0.225 e. The van der Waals surface area contributed by atoms with Crippen molar-refractivity contribution in [1.29, 1.82) is 0 Å². The van der Waals surface area contributed by atoms with Crippen LogP contribution in [0.4, 0.5) is 5.95 Å². The third-order valence-corrected chi connectivity index (χ3v) is 4.07. The number of hydrogen-bond donors (Lipinski definition) is 1. The fraction of sp³-hybridized carbons (Fsp3) is 0.714. The van der Waals surface area contributed by atoms with Gasteiger partial charge in [0.2, 0.25) is 5.95 Å². The van der Waals surface area contributed by atoms with Crippen LogP contribution in [0, 0.1) is 0 Å². The number of hydrogen-bond acceptors (Lipinski definition) is 5. The van der Waals surface area contributed by atoms with E-state index in [-0.39, 0.29) is 6.04 Å². The van der Waals surface area contributed by atoms with Gasteiger partial charge in [0, 0.05) is 31.5 Å². The summed E-state index contributed by atoms with van der Waals surface area (Å²) in [6, 6.07) is 0.656. The molecular weight excluding hydrogens is 256 g/mol. The van der Waals surface area contributed by atoms with E-state index < -0.39 is 0 Å². The second-order valence-corrected chi connectivity index (χ2v) is 5.99. The molecule has 1 rings (SSSR count). The predicted octanol–water partition coefficient (Wildman–Crippen LogP) is 2.33. The molecule has 0 bridgehead atoms. The lowest BCUT2D eigenvalue weighted by Gasteiger charge is -2.24. The summed E-state index contributed by atoms with van der Waals surface area (Å²) >= 11 is 1.87. The first-order valence-electron chi connectivity index (χ1n) is 6.86. The molecule has 0 aliphatic heterocycles. The second kappa shape index (κ2) is 8.38. The Labute approximate surface area is 121 Å². The van der Waals surface area contributed by atoms with Crippen LogP contribution in [-0.2, 0) is 6.42 Å². The average Bonchev–Trinajstić information content (AvgIpc) is 2.44. The summed E-state index contributed by atoms with van der Waals surface area (Å²) in [5.74, 6) is 1.96. The molecule has 1 aromatic rings. The maximum Gasteiger partial charge on any atom is 0.225 e. The zero-order valence-corrected chi connectivity index (χ0v) is 13.3. The molecule has 5 heteroatoms. The van der Waals surface area contributed by atoms with Gasteiger partial charge in [0.15, 0.2) is 0 Å². The summed E-state index contributed by atoms with van der Waals surface area (Å²) in [5.41, 5.74) is 7.05. The Hall–Kier alpha value is -0.810. The van der Waals surface area contributed by atoms with Gasteiger partial charge in [-0.15, -0.1) is 0 Å². The van der Waals surface area contributed by atoms with Gasteiger partial charge in [-0.05, 0) is 43.8 Å². The van der Waals surface area contributed by atoms with E-state index in [0.29, 0.717) is 6.04 Å². The van der Waals surface area contributed by atoms with Crippen molar-refractivity contribution in [2.75, 3.05) is 24.0 Å². The molecule has 0 aliphatic rings. The van der Waals surface area contributed by atoms with Crippen LogP contribution in [0.3, 0.4) is 0 Å². The molecule has 4 nitrogen and oxygen atoms in total. The van der Waals surface area contributed by atoms with Crippen LogP contribution in [0.25, 0.3) is 0 Å². The fourth-order valence-corrected chi connectivity index (χ4v) is 2.34. The van der Waals surface area contributed by atoms with E-state index in [1.807, 2.05) is 24.2 Å². The molecule has 0 aromatic carbocycles. The van der Waals surface area contributed by atoms with Crippen LogP contribution in [0.15, 0.2) is 12.4 Å². The highest BCUT2D eigenvalue weighted by molar-refractivity contribution is 7.98. The normalized spacial score (nSPS) is 14.2. The minimum absolute atomic E-state index is 0.202. The number of anilines is 1. The third kappa shape index (κ3) is 5.37. The second-order valence-electron chi connectivity index (χ2n) is 5.01. The number of rotatable bonds is 8. The Bertz CT molecular complexity index is 355. The molecular formula is C14H26N4S. The van der Waals surface area contributed by atoms with Crippen molar-refractivity contribution >= 4 is 17.7 Å². The molecule has 1 aromatic heterocycles. The zero-order chi connectivity index (χ0) is 14.3. The predicted molar refractivity (Wildman–Crippen MR) is 84.9 cm³/mol. The first-order chi connectivity index (χ1) is 9.08. The maximum atomic E-state index is 5.94. The Balaban J connectivity index is 2.59. The van der Waals surface area contributed by atoms with Gasteiger partial charge in [0.25, 0.3) is 0 Å². The highest BCUT2D eigenvalue weighted by Crippen LogP contribution is 2.13. The van der Waals surface area contributed by atoms with Gasteiger partial charge in [-0.1, -0.05) is 6.92 Å². The van der Waals surface area contributed by atoms with Crippen molar-refractivity contribution in [1.82, 2.24) is 9.97 Å². The third-order valence-electron chi connectivity index (χ3n) is 3.43. The minimum Gasteiger partial charge on any atom is -0.341 e. The van der Waals surface area contributed by atoms with Gasteiger partial charge < -0.3 is 10.6 Å². The van der Waals surface area contributed by atoms with E-state index in [4.69, 9.17) is 5.73 Å². The maximum absolute atomic E-state index is 5.94. The van der Waals surface area contributed by atoms with E-state index in [2.05, 4.69) is 42.0 Å². The quantitative estimate of drug-likeness (QED) is 0.793. The first-order valence-corrected chi connectivity index (χ1v) is 8.26. The number of aromatic nitrogens is 2. The molecule has 19 heavy (non-hydrogen) atoms. The van der Waals surface area contributed by atoms with Crippen molar-refractivity contribution < 1.29 is 0 Å². The summed E-state index contributed by atoms with van der Waals surface area (Å²) < 4.78 is 0. The fourth-order valence-electron chi connectivity index (χ4n) is 1.76. The van der Waals surface area contributed by atoms with Crippen LogP contribution in [0.2, 0.25) is 0 Å². The van der Waals surface area contributed by atoms with Crippen LogP contribution >= 0.6 is 11.8 Å². The van der Waals surface area contributed by atoms with E-state index in [1.165, 1.54) is 0 Å². The van der Waals surface area contributed by atoms with Crippen molar-refractivity contribution in [2.24, 2.45) is 5.73 Å². The molecule has 0 saturated heterocycles. The van der Waals surface area contributed by atoms with Gasteiger partial charge in [-0.2, -0.15) is 11.8 Å². The van der Waals surface area contributed by atoms with Crippen LogP contribution in [0.5, 0.6) is 0 Å². The molecule has 108 valence electrons. The first kappa shape index (κ1) is 16.2. The monoisotopic (exact) mass is 282 g/mol. The number of nitrogens with zero attached hydrogens (tertiary/aromatic N) is 3. The average molecular weight is 282 g/mol. The summed E-state index contributed by atoms with van der Waals surface area (Å²) in [4.78, 5) is 11.0. The summed E-state index contributed by atoms with van der Waals surface area (Å²) in [6.07, 6.45) is 8.90. The van der Waals surface area contributed by atoms with Crippen LogP contribution in [0.1, 0.15) is 32.3 Å². The topological polar surface area (TPSA) is 55.0 Å². The Morgan fingerprint density at radius 2 is 2.00 bits per heavy atom. The molecule has 2 atom stereocenters. The van der Waals surface area contributed by atoms with Gasteiger partial charge in [-0.25, -0.2) is 9.97 Å². The van der Waals surface area contributed by atoms with Crippen molar-refractivity contribution in [3.63, 3.8) is 0 Å². The van der Waals surface area contributed by atoms with Gasteiger partial charge >= 0.3 is 0 Å². The Morgan fingerprint density at radius 3 is 2.53 bits per heavy atom. The SMILES string of the molecule is CCC(N)Cc1cnc(N(C)C(C)CCSC)nc1. The summed E-state index contributed by atoms with van der Waals surface area (Å²) in [6.45, 7) is 4.31. The molecule has 0 radical (unpaired) electrons. The highest BCUT2D eigenvalue weighted by Gasteiger charge is 2.12. The lowest BCUT2D eigenvalue weighted by atomic mass is 10.1. The van der Waals surface area contributed by atoms with E-state index >= 15 is 0 Å². The highest BCUT2D eigenvalue weighted by atomic mass is 32.2.